The Morgan fingerprint density at radius 1 is 1.40 bits per heavy atom. The third-order valence-corrected chi connectivity index (χ3v) is 2.58. The summed E-state index contributed by atoms with van der Waals surface area (Å²) in [5.74, 6) is 0.293. The molecule has 0 bridgehead atoms. The minimum absolute atomic E-state index is 0.0759. The van der Waals surface area contributed by atoms with Crippen LogP contribution in [0, 0.1) is 0 Å². The van der Waals surface area contributed by atoms with Gasteiger partial charge in [-0.1, -0.05) is 0 Å². The Bertz CT molecular complexity index is 361. The Morgan fingerprint density at radius 3 is 2.73 bits per heavy atom. The first-order valence-electron chi connectivity index (χ1n) is 5.02. The molecule has 0 aromatic heterocycles. The van der Waals surface area contributed by atoms with Crippen molar-refractivity contribution >= 4 is 11.6 Å². The summed E-state index contributed by atoms with van der Waals surface area (Å²) in [4.78, 5) is 13.5. The van der Waals surface area contributed by atoms with E-state index in [4.69, 9.17) is 5.11 Å². The number of nitrogens with zero attached hydrogens (tertiary/aromatic N) is 1. The Kier molecular flexibility index (Phi) is 2.60. The molecule has 1 aromatic rings. The molecule has 4 nitrogen and oxygen atoms in total. The van der Waals surface area contributed by atoms with Crippen LogP contribution in [0.4, 0.5) is 5.69 Å². The highest BCUT2D eigenvalue weighted by Crippen LogP contribution is 2.20. The number of aromatic hydroxyl groups is 1. The van der Waals surface area contributed by atoms with Gasteiger partial charge in [0.05, 0.1) is 6.04 Å². The molecule has 1 heterocycles. The van der Waals surface area contributed by atoms with Gasteiger partial charge in [-0.05, 0) is 31.2 Å². The Labute approximate surface area is 88.5 Å². The number of benzene rings is 1. The van der Waals surface area contributed by atoms with Crippen LogP contribution in [-0.2, 0) is 4.79 Å². The first kappa shape index (κ1) is 9.98. The van der Waals surface area contributed by atoms with E-state index in [-0.39, 0.29) is 17.7 Å². The molecule has 80 valence electrons. The lowest BCUT2D eigenvalue weighted by Crippen LogP contribution is -2.53. The SMILES string of the molecule is CC1NCCN(c2ccc(O)cc2)C1=O. The van der Waals surface area contributed by atoms with Gasteiger partial charge in [0, 0.05) is 18.8 Å². The minimum Gasteiger partial charge on any atom is -0.508 e. The van der Waals surface area contributed by atoms with Gasteiger partial charge in [0.1, 0.15) is 5.75 Å². The summed E-state index contributed by atoms with van der Waals surface area (Å²) in [5.41, 5.74) is 0.839. The van der Waals surface area contributed by atoms with Gasteiger partial charge in [0.15, 0.2) is 0 Å². The molecule has 0 spiro atoms. The van der Waals surface area contributed by atoms with Crippen molar-refractivity contribution in [3.8, 4) is 5.75 Å². The summed E-state index contributed by atoms with van der Waals surface area (Å²) >= 11 is 0. The quantitative estimate of drug-likeness (QED) is 0.711. The number of anilines is 1. The molecule has 1 saturated heterocycles. The number of carbonyl (C=O) groups excluding carboxylic acids is 1. The van der Waals surface area contributed by atoms with Gasteiger partial charge in [0.25, 0.3) is 0 Å². The molecule has 4 heteroatoms. The van der Waals surface area contributed by atoms with E-state index in [1.165, 1.54) is 0 Å². The van der Waals surface area contributed by atoms with Crippen LogP contribution in [0.1, 0.15) is 6.92 Å². The Hall–Kier alpha value is -1.55. The van der Waals surface area contributed by atoms with E-state index in [0.29, 0.717) is 6.54 Å². The van der Waals surface area contributed by atoms with Crippen LogP contribution in [0.2, 0.25) is 0 Å². The maximum atomic E-state index is 11.8. The maximum Gasteiger partial charge on any atom is 0.243 e. The Balaban J connectivity index is 2.22. The topological polar surface area (TPSA) is 52.6 Å². The molecular weight excluding hydrogens is 192 g/mol. The molecule has 1 atom stereocenters. The molecule has 1 unspecified atom stereocenters. The monoisotopic (exact) mass is 206 g/mol. The average molecular weight is 206 g/mol. The van der Waals surface area contributed by atoms with E-state index in [9.17, 15) is 4.79 Å². The number of hydrogen-bond donors (Lipinski definition) is 2. The van der Waals surface area contributed by atoms with E-state index in [2.05, 4.69) is 5.32 Å². The van der Waals surface area contributed by atoms with Crippen molar-refractivity contribution in [2.75, 3.05) is 18.0 Å². The van der Waals surface area contributed by atoms with Crippen molar-refractivity contribution in [2.24, 2.45) is 0 Å². The molecule has 2 N–H and O–H groups in total. The minimum atomic E-state index is -0.132. The molecular formula is C11H14N2O2. The van der Waals surface area contributed by atoms with Crippen molar-refractivity contribution in [1.29, 1.82) is 0 Å². The van der Waals surface area contributed by atoms with Crippen molar-refractivity contribution in [3.63, 3.8) is 0 Å². The van der Waals surface area contributed by atoms with E-state index in [0.717, 1.165) is 12.2 Å². The van der Waals surface area contributed by atoms with Gasteiger partial charge in [-0.15, -0.1) is 0 Å². The number of piperazine rings is 1. The number of carbonyl (C=O) groups is 1. The van der Waals surface area contributed by atoms with Gasteiger partial charge in [-0.3, -0.25) is 4.79 Å². The summed E-state index contributed by atoms with van der Waals surface area (Å²) in [6.07, 6.45) is 0. The average Bonchev–Trinajstić information content (AvgIpc) is 2.24. The second kappa shape index (κ2) is 3.90. The normalized spacial score (nSPS) is 21.8. The van der Waals surface area contributed by atoms with Crippen LogP contribution in [-0.4, -0.2) is 30.1 Å². The zero-order valence-corrected chi connectivity index (χ0v) is 8.60. The standard InChI is InChI=1S/C11H14N2O2/c1-8-11(15)13(7-6-12-8)9-2-4-10(14)5-3-9/h2-5,8,12,14H,6-7H2,1H3. The van der Waals surface area contributed by atoms with Crippen molar-refractivity contribution in [3.05, 3.63) is 24.3 Å². The van der Waals surface area contributed by atoms with Crippen LogP contribution in [0.5, 0.6) is 5.75 Å². The van der Waals surface area contributed by atoms with Gasteiger partial charge >= 0.3 is 0 Å². The highest BCUT2D eigenvalue weighted by atomic mass is 16.3. The summed E-state index contributed by atoms with van der Waals surface area (Å²) in [7, 11) is 0. The van der Waals surface area contributed by atoms with Crippen molar-refractivity contribution in [2.45, 2.75) is 13.0 Å². The zero-order valence-electron chi connectivity index (χ0n) is 8.60. The summed E-state index contributed by atoms with van der Waals surface area (Å²) in [6.45, 7) is 3.33. The van der Waals surface area contributed by atoms with Crippen molar-refractivity contribution in [1.82, 2.24) is 5.32 Å². The molecule has 1 fully saturated rings. The second-order valence-corrected chi connectivity index (χ2v) is 3.68. The van der Waals surface area contributed by atoms with E-state index >= 15 is 0 Å². The smallest absolute Gasteiger partial charge is 0.243 e. The van der Waals surface area contributed by atoms with E-state index < -0.39 is 0 Å². The lowest BCUT2D eigenvalue weighted by Gasteiger charge is -2.31. The lowest BCUT2D eigenvalue weighted by atomic mass is 10.2. The van der Waals surface area contributed by atoms with Gasteiger partial charge in [-0.25, -0.2) is 0 Å². The van der Waals surface area contributed by atoms with E-state index in [1.54, 1.807) is 29.2 Å². The van der Waals surface area contributed by atoms with E-state index in [1.807, 2.05) is 6.92 Å². The number of rotatable bonds is 1. The molecule has 15 heavy (non-hydrogen) atoms. The fourth-order valence-corrected chi connectivity index (χ4v) is 1.71. The van der Waals surface area contributed by atoms with Gasteiger partial charge in [0.2, 0.25) is 5.91 Å². The fourth-order valence-electron chi connectivity index (χ4n) is 1.71. The first-order chi connectivity index (χ1) is 7.18. The third kappa shape index (κ3) is 1.94. The summed E-state index contributed by atoms with van der Waals surface area (Å²) < 4.78 is 0. The van der Waals surface area contributed by atoms with Gasteiger partial charge < -0.3 is 15.3 Å². The fraction of sp³-hybridized carbons (Fsp3) is 0.364. The molecule has 1 amide bonds. The molecule has 0 radical (unpaired) electrons. The largest absolute Gasteiger partial charge is 0.508 e. The molecule has 0 saturated carbocycles. The highest BCUT2D eigenvalue weighted by Gasteiger charge is 2.25. The highest BCUT2D eigenvalue weighted by molar-refractivity contribution is 5.97. The molecule has 2 rings (SSSR count). The zero-order chi connectivity index (χ0) is 10.8. The summed E-state index contributed by atoms with van der Waals surface area (Å²) in [6, 6.07) is 6.56. The second-order valence-electron chi connectivity index (χ2n) is 3.68. The molecule has 1 aromatic carbocycles. The van der Waals surface area contributed by atoms with Gasteiger partial charge in [-0.2, -0.15) is 0 Å². The number of amides is 1. The van der Waals surface area contributed by atoms with Crippen molar-refractivity contribution < 1.29 is 9.90 Å². The number of phenolic OH excluding ortho intramolecular Hbond substituents is 1. The maximum absolute atomic E-state index is 11.8. The van der Waals surface area contributed by atoms with Crippen LogP contribution < -0.4 is 10.2 Å². The third-order valence-electron chi connectivity index (χ3n) is 2.58. The lowest BCUT2D eigenvalue weighted by molar-refractivity contribution is -0.121. The molecule has 1 aliphatic rings. The Morgan fingerprint density at radius 2 is 2.07 bits per heavy atom. The van der Waals surface area contributed by atoms with Crippen LogP contribution >= 0.6 is 0 Å². The number of phenols is 1. The number of hydrogen-bond acceptors (Lipinski definition) is 3. The predicted octanol–water partition coefficient (Wildman–Crippen LogP) is 0.717. The molecule has 0 aliphatic carbocycles. The van der Waals surface area contributed by atoms with Crippen LogP contribution in [0.25, 0.3) is 0 Å². The molecule has 1 aliphatic heterocycles. The van der Waals surface area contributed by atoms with Crippen LogP contribution in [0.3, 0.4) is 0 Å². The van der Waals surface area contributed by atoms with Crippen LogP contribution in [0.15, 0.2) is 24.3 Å². The predicted molar refractivity (Wildman–Crippen MR) is 57.9 cm³/mol. The first-order valence-corrected chi connectivity index (χ1v) is 5.02. The number of nitrogens with one attached hydrogen (secondary N) is 1. The summed E-state index contributed by atoms with van der Waals surface area (Å²) in [5, 5.41) is 12.3.